The van der Waals surface area contributed by atoms with Gasteiger partial charge in [-0.05, 0) is 37.5 Å². The van der Waals surface area contributed by atoms with Crippen molar-refractivity contribution in [2.45, 2.75) is 38.6 Å². The number of aryl methyl sites for hydroxylation is 1. The number of carbonyl (C=O) groups excluding carboxylic acids is 1. The summed E-state index contributed by atoms with van der Waals surface area (Å²) in [7, 11) is 0. The van der Waals surface area contributed by atoms with E-state index in [9.17, 15) is 14.7 Å². The van der Waals surface area contributed by atoms with Crippen LogP contribution in [-0.2, 0) is 11.2 Å². The van der Waals surface area contributed by atoms with Gasteiger partial charge in [-0.1, -0.05) is 6.92 Å². The van der Waals surface area contributed by atoms with Gasteiger partial charge < -0.3 is 10.4 Å². The van der Waals surface area contributed by atoms with Gasteiger partial charge in [-0.3, -0.25) is 9.59 Å². The molecule has 0 unspecified atom stereocenters. The molecule has 4 atom stereocenters. The SMILES string of the molecule is CCc1ncc(C(=O)N[C@@H]2[C@H]3CC[C@@H](C3)[C@H]2C(=O)O)s1. The molecule has 2 fully saturated rings. The van der Waals surface area contributed by atoms with E-state index in [0.29, 0.717) is 10.8 Å². The molecule has 2 aliphatic rings. The van der Waals surface area contributed by atoms with Crippen molar-refractivity contribution < 1.29 is 14.7 Å². The van der Waals surface area contributed by atoms with Crippen LogP contribution in [0.1, 0.15) is 40.9 Å². The highest BCUT2D eigenvalue weighted by Gasteiger charge is 2.51. The predicted molar refractivity (Wildman–Crippen MR) is 74.7 cm³/mol. The Hall–Kier alpha value is -1.43. The number of rotatable bonds is 4. The number of carbonyl (C=O) groups is 2. The highest BCUT2D eigenvalue weighted by Crippen LogP contribution is 2.48. The Balaban J connectivity index is 1.73. The minimum Gasteiger partial charge on any atom is -0.481 e. The van der Waals surface area contributed by atoms with Crippen LogP contribution in [0, 0.1) is 17.8 Å². The third kappa shape index (κ3) is 2.22. The summed E-state index contributed by atoms with van der Waals surface area (Å²) < 4.78 is 0. The lowest BCUT2D eigenvalue weighted by atomic mass is 9.84. The molecule has 2 aliphatic carbocycles. The van der Waals surface area contributed by atoms with Gasteiger partial charge in [0.1, 0.15) is 4.88 Å². The van der Waals surface area contributed by atoms with Gasteiger partial charge in [0.15, 0.2) is 0 Å². The second-order valence-electron chi connectivity index (χ2n) is 5.67. The average molecular weight is 294 g/mol. The van der Waals surface area contributed by atoms with Crippen molar-refractivity contribution in [3.8, 4) is 0 Å². The van der Waals surface area contributed by atoms with Gasteiger partial charge in [0, 0.05) is 6.04 Å². The van der Waals surface area contributed by atoms with E-state index in [2.05, 4.69) is 10.3 Å². The minimum absolute atomic E-state index is 0.175. The molecule has 6 heteroatoms. The molecule has 0 aliphatic heterocycles. The number of carboxylic acid groups (broad SMARTS) is 1. The summed E-state index contributed by atoms with van der Waals surface area (Å²) in [5.41, 5.74) is 0. The summed E-state index contributed by atoms with van der Waals surface area (Å²) in [6.07, 6.45) is 5.34. The molecule has 1 aromatic heterocycles. The Kier molecular flexibility index (Phi) is 3.50. The van der Waals surface area contributed by atoms with Crippen molar-refractivity contribution in [1.82, 2.24) is 10.3 Å². The van der Waals surface area contributed by atoms with Crippen molar-refractivity contribution in [3.63, 3.8) is 0 Å². The van der Waals surface area contributed by atoms with Crippen molar-refractivity contribution in [2.75, 3.05) is 0 Å². The van der Waals surface area contributed by atoms with Crippen LogP contribution >= 0.6 is 11.3 Å². The Labute approximate surface area is 121 Å². The molecule has 5 nitrogen and oxygen atoms in total. The van der Waals surface area contributed by atoms with Gasteiger partial charge in [-0.15, -0.1) is 11.3 Å². The zero-order valence-electron chi connectivity index (χ0n) is 11.3. The predicted octanol–water partition coefficient (Wildman–Crippen LogP) is 1.93. The van der Waals surface area contributed by atoms with Crippen molar-refractivity contribution in [1.29, 1.82) is 0 Å². The third-order valence-electron chi connectivity index (χ3n) is 4.58. The summed E-state index contributed by atoms with van der Waals surface area (Å²) in [6, 6.07) is -0.217. The average Bonchev–Trinajstić information content (AvgIpc) is 3.13. The molecule has 0 spiro atoms. The first-order chi connectivity index (χ1) is 9.60. The van der Waals surface area contributed by atoms with Crippen LogP contribution in [0.4, 0.5) is 0 Å². The molecule has 2 saturated carbocycles. The quantitative estimate of drug-likeness (QED) is 0.889. The number of amides is 1. The topological polar surface area (TPSA) is 79.3 Å². The van der Waals surface area contributed by atoms with E-state index in [0.717, 1.165) is 30.7 Å². The maximum absolute atomic E-state index is 12.2. The fourth-order valence-electron chi connectivity index (χ4n) is 3.66. The molecule has 0 saturated heterocycles. The van der Waals surface area contributed by atoms with Crippen molar-refractivity contribution in [2.24, 2.45) is 17.8 Å². The normalized spacial score (nSPS) is 31.4. The van der Waals surface area contributed by atoms with E-state index in [1.165, 1.54) is 11.3 Å². The zero-order chi connectivity index (χ0) is 14.3. The molecule has 0 radical (unpaired) electrons. The maximum atomic E-state index is 12.2. The molecule has 1 aromatic rings. The van der Waals surface area contributed by atoms with Gasteiger partial charge in [-0.25, -0.2) is 4.98 Å². The number of aromatic nitrogens is 1. The van der Waals surface area contributed by atoms with Crippen LogP contribution in [0.15, 0.2) is 6.20 Å². The second kappa shape index (κ2) is 5.16. The molecule has 3 rings (SSSR count). The fourth-order valence-corrected chi connectivity index (χ4v) is 4.42. The largest absolute Gasteiger partial charge is 0.481 e. The Bertz CT molecular complexity index is 542. The van der Waals surface area contributed by atoms with Crippen LogP contribution in [-0.4, -0.2) is 28.0 Å². The van der Waals surface area contributed by atoms with Gasteiger partial charge in [0.05, 0.1) is 17.1 Å². The first-order valence-electron chi connectivity index (χ1n) is 7.08. The fraction of sp³-hybridized carbons (Fsp3) is 0.643. The van der Waals surface area contributed by atoms with Gasteiger partial charge in [-0.2, -0.15) is 0 Å². The minimum atomic E-state index is -0.777. The van der Waals surface area contributed by atoms with E-state index < -0.39 is 11.9 Å². The van der Waals surface area contributed by atoms with Gasteiger partial charge >= 0.3 is 5.97 Å². The molecular formula is C14H18N2O3S. The van der Waals surface area contributed by atoms with Gasteiger partial charge in [0.25, 0.3) is 5.91 Å². The molecule has 1 amide bonds. The lowest BCUT2D eigenvalue weighted by molar-refractivity contribution is -0.144. The Morgan fingerprint density at radius 1 is 1.45 bits per heavy atom. The maximum Gasteiger partial charge on any atom is 0.308 e. The monoisotopic (exact) mass is 294 g/mol. The van der Waals surface area contributed by atoms with Crippen molar-refractivity contribution >= 4 is 23.2 Å². The smallest absolute Gasteiger partial charge is 0.308 e. The molecule has 0 aromatic carbocycles. The highest BCUT2D eigenvalue weighted by molar-refractivity contribution is 7.13. The lowest BCUT2D eigenvalue weighted by Gasteiger charge is -2.28. The summed E-state index contributed by atoms with van der Waals surface area (Å²) in [4.78, 5) is 28.4. The molecule has 2 N–H and O–H groups in total. The molecular weight excluding hydrogens is 276 g/mol. The molecule has 108 valence electrons. The second-order valence-corrected chi connectivity index (χ2v) is 6.78. The number of thiazole rings is 1. The van der Waals surface area contributed by atoms with E-state index in [1.807, 2.05) is 6.92 Å². The first kappa shape index (κ1) is 13.5. The van der Waals surface area contributed by atoms with E-state index in [-0.39, 0.29) is 17.9 Å². The standard InChI is InChI=1S/C14H18N2O3S/c1-2-10-15-6-9(20-10)13(17)16-12-8-4-3-7(5-8)11(12)14(18)19/h6-8,11-12H,2-5H2,1H3,(H,16,17)(H,18,19)/t7-,8-,11+,12+/m0/s1. The third-order valence-corrected chi connectivity index (χ3v) is 5.72. The van der Waals surface area contributed by atoms with Crippen LogP contribution in [0.25, 0.3) is 0 Å². The molecule has 2 bridgehead atoms. The number of carboxylic acids is 1. The summed E-state index contributed by atoms with van der Waals surface area (Å²) >= 11 is 1.38. The Morgan fingerprint density at radius 3 is 2.85 bits per heavy atom. The van der Waals surface area contributed by atoms with Crippen LogP contribution in [0.5, 0.6) is 0 Å². The summed E-state index contributed by atoms with van der Waals surface area (Å²) in [5.74, 6) is -0.817. The number of aliphatic carboxylic acids is 1. The number of hydrogen-bond donors (Lipinski definition) is 2. The molecule has 20 heavy (non-hydrogen) atoms. The van der Waals surface area contributed by atoms with Crippen LogP contribution < -0.4 is 5.32 Å². The number of hydrogen-bond acceptors (Lipinski definition) is 4. The van der Waals surface area contributed by atoms with E-state index in [1.54, 1.807) is 6.20 Å². The van der Waals surface area contributed by atoms with Crippen LogP contribution in [0.2, 0.25) is 0 Å². The summed E-state index contributed by atoms with van der Waals surface area (Å²) in [5, 5.41) is 13.2. The lowest BCUT2D eigenvalue weighted by Crippen LogP contribution is -2.46. The highest BCUT2D eigenvalue weighted by atomic mass is 32.1. The number of fused-ring (bicyclic) bond motifs is 2. The van der Waals surface area contributed by atoms with Crippen LogP contribution in [0.3, 0.4) is 0 Å². The number of nitrogens with zero attached hydrogens (tertiary/aromatic N) is 1. The van der Waals surface area contributed by atoms with Crippen molar-refractivity contribution in [3.05, 3.63) is 16.1 Å². The summed E-state index contributed by atoms with van der Waals surface area (Å²) in [6.45, 7) is 2.00. The first-order valence-corrected chi connectivity index (χ1v) is 7.90. The number of nitrogens with one attached hydrogen (secondary N) is 1. The Morgan fingerprint density at radius 2 is 2.20 bits per heavy atom. The molecule has 1 heterocycles. The van der Waals surface area contributed by atoms with E-state index >= 15 is 0 Å². The van der Waals surface area contributed by atoms with E-state index in [4.69, 9.17) is 0 Å². The van der Waals surface area contributed by atoms with Gasteiger partial charge in [0.2, 0.25) is 0 Å². The zero-order valence-corrected chi connectivity index (χ0v) is 12.2.